The molecule has 1 aromatic heterocycles. The highest BCUT2D eigenvalue weighted by atomic mass is 16.3. The maximum absolute atomic E-state index is 11.6. The highest BCUT2D eigenvalue weighted by molar-refractivity contribution is 6.10. The molecule has 21 heavy (non-hydrogen) atoms. The molecule has 0 saturated heterocycles. The van der Waals surface area contributed by atoms with E-state index in [9.17, 15) is 9.59 Å². The average molecular weight is 282 g/mol. The Bertz CT molecular complexity index is 661. The van der Waals surface area contributed by atoms with Gasteiger partial charge in [-0.1, -0.05) is 18.2 Å². The molecular formula is C17H14O4. The fourth-order valence-electron chi connectivity index (χ4n) is 1.63. The first-order valence-corrected chi connectivity index (χ1v) is 6.38. The highest BCUT2D eigenvalue weighted by Gasteiger charge is 2.03. The van der Waals surface area contributed by atoms with Crippen LogP contribution in [0.15, 0.2) is 59.2 Å². The molecule has 0 spiro atoms. The lowest BCUT2D eigenvalue weighted by Crippen LogP contribution is -2.01. The number of benzene rings is 1. The van der Waals surface area contributed by atoms with E-state index in [1.165, 1.54) is 36.6 Å². The van der Waals surface area contributed by atoms with Gasteiger partial charge in [-0.25, -0.2) is 0 Å². The summed E-state index contributed by atoms with van der Waals surface area (Å²) >= 11 is 0. The van der Waals surface area contributed by atoms with Gasteiger partial charge in [0.15, 0.2) is 11.6 Å². The highest BCUT2D eigenvalue weighted by Crippen LogP contribution is 2.11. The molecule has 0 bridgehead atoms. The van der Waals surface area contributed by atoms with Crippen molar-refractivity contribution in [3.8, 4) is 5.75 Å². The largest absolute Gasteiger partial charge is 0.508 e. The van der Waals surface area contributed by atoms with E-state index in [1.807, 2.05) is 0 Å². The summed E-state index contributed by atoms with van der Waals surface area (Å²) in [5.74, 6) is 0.163. The number of carbonyl (C=O) groups excluding carboxylic acids is 2. The lowest BCUT2D eigenvalue weighted by atomic mass is 10.1. The minimum Gasteiger partial charge on any atom is -0.508 e. The molecule has 1 heterocycles. The molecule has 0 fully saturated rings. The van der Waals surface area contributed by atoms with Crippen LogP contribution in [0.25, 0.3) is 12.2 Å². The number of allylic oxidation sites excluding steroid dienone is 2. The summed E-state index contributed by atoms with van der Waals surface area (Å²) in [6.45, 7) is 0. The Balaban J connectivity index is 1.86. The number of hydrogen-bond acceptors (Lipinski definition) is 4. The lowest BCUT2D eigenvalue weighted by molar-refractivity contribution is -0.121. The molecule has 1 aromatic carbocycles. The fourth-order valence-corrected chi connectivity index (χ4v) is 1.63. The van der Waals surface area contributed by atoms with Crippen molar-refractivity contribution in [3.05, 3.63) is 66.1 Å². The lowest BCUT2D eigenvalue weighted by Gasteiger charge is -1.94. The van der Waals surface area contributed by atoms with Gasteiger partial charge in [0.25, 0.3) is 0 Å². The Morgan fingerprint density at radius 3 is 2.29 bits per heavy atom. The number of hydrogen-bond donors (Lipinski definition) is 1. The molecular weight excluding hydrogens is 268 g/mol. The number of furan rings is 1. The van der Waals surface area contributed by atoms with Crippen molar-refractivity contribution < 1.29 is 19.1 Å². The smallest absolute Gasteiger partial charge is 0.163 e. The van der Waals surface area contributed by atoms with Crippen LogP contribution in [0.1, 0.15) is 17.7 Å². The molecule has 0 amide bonds. The second-order valence-corrected chi connectivity index (χ2v) is 4.38. The van der Waals surface area contributed by atoms with Crippen LogP contribution in [0.3, 0.4) is 0 Å². The monoisotopic (exact) mass is 282 g/mol. The van der Waals surface area contributed by atoms with E-state index in [1.54, 1.807) is 30.3 Å². The average Bonchev–Trinajstić information content (AvgIpc) is 2.98. The van der Waals surface area contributed by atoms with Gasteiger partial charge in [0.05, 0.1) is 12.7 Å². The molecule has 0 aliphatic heterocycles. The molecule has 2 rings (SSSR count). The third-order valence-electron chi connectivity index (χ3n) is 2.68. The van der Waals surface area contributed by atoms with E-state index < -0.39 is 0 Å². The third-order valence-corrected chi connectivity index (χ3v) is 2.68. The van der Waals surface area contributed by atoms with Crippen LogP contribution in [-0.4, -0.2) is 16.7 Å². The summed E-state index contributed by atoms with van der Waals surface area (Å²) in [6, 6.07) is 9.85. The molecule has 0 aliphatic carbocycles. The molecule has 0 radical (unpaired) electrons. The van der Waals surface area contributed by atoms with Crippen LogP contribution in [0.2, 0.25) is 0 Å². The number of phenols is 1. The van der Waals surface area contributed by atoms with Crippen molar-refractivity contribution in [2.24, 2.45) is 0 Å². The van der Waals surface area contributed by atoms with Gasteiger partial charge >= 0.3 is 0 Å². The van der Waals surface area contributed by atoms with Gasteiger partial charge in [-0.3, -0.25) is 9.59 Å². The van der Waals surface area contributed by atoms with Gasteiger partial charge in [0.2, 0.25) is 0 Å². The Morgan fingerprint density at radius 1 is 1.00 bits per heavy atom. The second kappa shape index (κ2) is 7.05. The molecule has 106 valence electrons. The van der Waals surface area contributed by atoms with Gasteiger partial charge in [-0.05, 0) is 48.1 Å². The van der Waals surface area contributed by atoms with Gasteiger partial charge < -0.3 is 9.52 Å². The molecule has 0 atom stereocenters. The van der Waals surface area contributed by atoms with E-state index in [-0.39, 0.29) is 23.7 Å². The van der Waals surface area contributed by atoms with Gasteiger partial charge in [0.1, 0.15) is 11.5 Å². The summed E-state index contributed by atoms with van der Waals surface area (Å²) in [7, 11) is 0. The van der Waals surface area contributed by atoms with Crippen LogP contribution in [0.5, 0.6) is 5.75 Å². The number of ketones is 2. The summed E-state index contributed by atoms with van der Waals surface area (Å²) in [4.78, 5) is 23.2. The Morgan fingerprint density at radius 2 is 1.67 bits per heavy atom. The summed E-state index contributed by atoms with van der Waals surface area (Å²) in [6.07, 6.45) is 7.13. The number of aromatic hydroxyl groups is 1. The van der Waals surface area contributed by atoms with Crippen LogP contribution in [-0.2, 0) is 9.59 Å². The van der Waals surface area contributed by atoms with Crippen molar-refractivity contribution in [1.29, 1.82) is 0 Å². The van der Waals surface area contributed by atoms with Crippen molar-refractivity contribution >= 4 is 23.7 Å². The molecule has 4 nitrogen and oxygen atoms in total. The van der Waals surface area contributed by atoms with E-state index >= 15 is 0 Å². The molecule has 0 aliphatic rings. The van der Waals surface area contributed by atoms with Gasteiger partial charge in [-0.2, -0.15) is 0 Å². The quantitative estimate of drug-likeness (QED) is 0.652. The Labute approximate surface area is 122 Å². The minimum absolute atomic E-state index is 0.164. The zero-order valence-corrected chi connectivity index (χ0v) is 11.2. The zero-order valence-electron chi connectivity index (χ0n) is 11.2. The van der Waals surface area contributed by atoms with Crippen LogP contribution in [0, 0.1) is 0 Å². The Hall–Kier alpha value is -2.88. The second-order valence-electron chi connectivity index (χ2n) is 4.38. The van der Waals surface area contributed by atoms with E-state index in [4.69, 9.17) is 9.52 Å². The first-order chi connectivity index (χ1) is 10.1. The fraction of sp³-hybridized carbons (Fsp3) is 0.0588. The standard InChI is InChI=1S/C17H14O4/c18-14-6-3-13(4-7-14)5-8-15(19)12-16(20)9-10-17-2-1-11-21-17/h1-11,18H,12H2. The van der Waals surface area contributed by atoms with Gasteiger partial charge in [-0.15, -0.1) is 0 Å². The topological polar surface area (TPSA) is 67.5 Å². The predicted molar refractivity (Wildman–Crippen MR) is 79.5 cm³/mol. The number of rotatable bonds is 6. The molecule has 1 N–H and O–H groups in total. The van der Waals surface area contributed by atoms with Crippen LogP contribution >= 0.6 is 0 Å². The molecule has 2 aromatic rings. The maximum atomic E-state index is 11.6. The molecule has 0 saturated carbocycles. The van der Waals surface area contributed by atoms with Crippen molar-refractivity contribution in [3.63, 3.8) is 0 Å². The van der Waals surface area contributed by atoms with Crippen LogP contribution in [0.4, 0.5) is 0 Å². The number of phenolic OH excluding ortho intramolecular Hbond substituents is 1. The number of carbonyl (C=O) groups is 2. The van der Waals surface area contributed by atoms with Crippen LogP contribution < -0.4 is 0 Å². The minimum atomic E-state index is -0.285. The first-order valence-electron chi connectivity index (χ1n) is 6.38. The Kier molecular flexibility index (Phi) is 4.88. The normalized spacial score (nSPS) is 11.2. The van der Waals surface area contributed by atoms with Crippen molar-refractivity contribution in [2.75, 3.05) is 0 Å². The van der Waals surface area contributed by atoms with Crippen molar-refractivity contribution in [2.45, 2.75) is 6.42 Å². The summed E-state index contributed by atoms with van der Waals surface area (Å²) < 4.78 is 5.05. The summed E-state index contributed by atoms with van der Waals surface area (Å²) in [5.41, 5.74) is 0.778. The summed E-state index contributed by atoms with van der Waals surface area (Å²) in [5, 5.41) is 9.14. The molecule has 4 heteroatoms. The van der Waals surface area contributed by atoms with E-state index in [2.05, 4.69) is 0 Å². The predicted octanol–water partition coefficient (Wildman–Crippen LogP) is 3.24. The third kappa shape index (κ3) is 4.95. The van der Waals surface area contributed by atoms with Crippen molar-refractivity contribution in [1.82, 2.24) is 0 Å². The van der Waals surface area contributed by atoms with E-state index in [0.29, 0.717) is 5.76 Å². The SMILES string of the molecule is O=C(C=Cc1ccc(O)cc1)CC(=O)C=Cc1ccco1. The first kappa shape index (κ1) is 14.5. The maximum Gasteiger partial charge on any atom is 0.163 e. The molecule has 0 unspecified atom stereocenters. The zero-order chi connectivity index (χ0) is 15.1. The van der Waals surface area contributed by atoms with Gasteiger partial charge in [0, 0.05) is 0 Å². The van der Waals surface area contributed by atoms with E-state index in [0.717, 1.165) is 5.56 Å².